The molecule has 1 aliphatic heterocycles. The van der Waals surface area contributed by atoms with Crippen molar-refractivity contribution in [2.24, 2.45) is 5.41 Å². The Hall–Kier alpha value is -0.610. The number of amides is 1. The van der Waals surface area contributed by atoms with E-state index in [-0.39, 0.29) is 24.0 Å². The van der Waals surface area contributed by atoms with Crippen LogP contribution in [0.25, 0.3) is 0 Å². The Kier molecular flexibility index (Phi) is 4.74. The molecule has 1 rings (SSSR count). The van der Waals surface area contributed by atoms with Crippen molar-refractivity contribution in [2.75, 3.05) is 33.4 Å². The van der Waals surface area contributed by atoms with Crippen molar-refractivity contribution in [3.8, 4) is 0 Å². The fourth-order valence-corrected chi connectivity index (χ4v) is 1.97. The fraction of sp³-hybridized carbons (Fsp3) is 0.917. The SMILES string of the molecule is COCC(=O)N1CCO[C@H](CC(C)(C)C)C1. The normalized spacial score (nSPS) is 22.2. The van der Waals surface area contributed by atoms with Crippen LogP contribution < -0.4 is 0 Å². The molecule has 0 unspecified atom stereocenters. The summed E-state index contributed by atoms with van der Waals surface area (Å²) >= 11 is 0. The molecule has 94 valence electrons. The molecular formula is C12H23NO3. The molecule has 0 aliphatic carbocycles. The minimum absolute atomic E-state index is 0.0599. The maximum absolute atomic E-state index is 11.7. The number of carbonyl (C=O) groups is 1. The van der Waals surface area contributed by atoms with Gasteiger partial charge in [-0.2, -0.15) is 0 Å². The molecule has 4 heteroatoms. The van der Waals surface area contributed by atoms with Crippen LogP contribution in [0.3, 0.4) is 0 Å². The highest BCUT2D eigenvalue weighted by atomic mass is 16.5. The lowest BCUT2D eigenvalue weighted by atomic mass is 9.88. The summed E-state index contributed by atoms with van der Waals surface area (Å²) in [6, 6.07) is 0. The van der Waals surface area contributed by atoms with Gasteiger partial charge in [-0.1, -0.05) is 20.8 Å². The van der Waals surface area contributed by atoms with Crippen molar-refractivity contribution in [3.63, 3.8) is 0 Å². The third-order valence-corrected chi connectivity index (χ3v) is 2.60. The summed E-state index contributed by atoms with van der Waals surface area (Å²) in [4.78, 5) is 13.5. The van der Waals surface area contributed by atoms with Crippen LogP contribution in [0.4, 0.5) is 0 Å². The van der Waals surface area contributed by atoms with Crippen molar-refractivity contribution >= 4 is 5.91 Å². The lowest BCUT2D eigenvalue weighted by Gasteiger charge is -2.35. The number of nitrogens with zero attached hydrogens (tertiary/aromatic N) is 1. The number of ether oxygens (including phenoxy) is 2. The fourth-order valence-electron chi connectivity index (χ4n) is 1.97. The first-order chi connectivity index (χ1) is 7.42. The molecule has 4 nitrogen and oxygen atoms in total. The second-order valence-corrected chi connectivity index (χ2v) is 5.53. The Morgan fingerprint density at radius 1 is 1.50 bits per heavy atom. The number of carbonyl (C=O) groups excluding carboxylic acids is 1. The van der Waals surface area contributed by atoms with E-state index in [1.165, 1.54) is 0 Å². The van der Waals surface area contributed by atoms with Gasteiger partial charge in [-0.25, -0.2) is 0 Å². The van der Waals surface area contributed by atoms with Crippen LogP contribution in [-0.2, 0) is 14.3 Å². The summed E-state index contributed by atoms with van der Waals surface area (Å²) in [5.74, 6) is 0.0599. The molecule has 16 heavy (non-hydrogen) atoms. The van der Waals surface area contributed by atoms with Crippen LogP contribution in [0.15, 0.2) is 0 Å². The van der Waals surface area contributed by atoms with E-state index < -0.39 is 0 Å². The van der Waals surface area contributed by atoms with Crippen LogP contribution >= 0.6 is 0 Å². The molecule has 1 amide bonds. The van der Waals surface area contributed by atoms with Crippen molar-refractivity contribution in [1.29, 1.82) is 0 Å². The average molecular weight is 229 g/mol. The van der Waals surface area contributed by atoms with E-state index in [0.717, 1.165) is 6.42 Å². The first kappa shape index (κ1) is 13.5. The van der Waals surface area contributed by atoms with Crippen molar-refractivity contribution in [1.82, 2.24) is 4.90 Å². The summed E-state index contributed by atoms with van der Waals surface area (Å²) in [6.07, 6.45) is 1.14. The maximum Gasteiger partial charge on any atom is 0.248 e. The van der Waals surface area contributed by atoms with Crippen LogP contribution in [0.1, 0.15) is 27.2 Å². The van der Waals surface area contributed by atoms with E-state index in [1.807, 2.05) is 4.90 Å². The van der Waals surface area contributed by atoms with E-state index in [9.17, 15) is 4.79 Å². The van der Waals surface area contributed by atoms with E-state index in [1.54, 1.807) is 7.11 Å². The van der Waals surface area contributed by atoms with Crippen LogP contribution in [-0.4, -0.2) is 50.3 Å². The zero-order valence-corrected chi connectivity index (χ0v) is 10.8. The highest BCUT2D eigenvalue weighted by Gasteiger charge is 2.27. The minimum Gasteiger partial charge on any atom is -0.375 e. The molecule has 0 radical (unpaired) electrons. The van der Waals surface area contributed by atoms with E-state index in [0.29, 0.717) is 19.7 Å². The Morgan fingerprint density at radius 2 is 2.19 bits per heavy atom. The van der Waals surface area contributed by atoms with Gasteiger partial charge in [0, 0.05) is 20.2 Å². The molecule has 1 fully saturated rings. The average Bonchev–Trinajstić information content (AvgIpc) is 2.16. The highest BCUT2D eigenvalue weighted by molar-refractivity contribution is 5.77. The first-order valence-electron chi connectivity index (χ1n) is 5.81. The number of morpholine rings is 1. The molecule has 0 spiro atoms. The summed E-state index contributed by atoms with van der Waals surface area (Å²) in [7, 11) is 1.55. The second kappa shape index (κ2) is 5.64. The molecule has 1 atom stereocenters. The van der Waals surface area contributed by atoms with Crippen molar-refractivity contribution in [2.45, 2.75) is 33.3 Å². The molecule has 0 N–H and O–H groups in total. The summed E-state index contributed by atoms with van der Waals surface area (Å²) in [6.45, 7) is 8.74. The van der Waals surface area contributed by atoms with Crippen LogP contribution in [0.2, 0.25) is 0 Å². The molecule has 1 heterocycles. The van der Waals surface area contributed by atoms with Crippen molar-refractivity contribution < 1.29 is 14.3 Å². The van der Waals surface area contributed by atoms with Crippen LogP contribution in [0, 0.1) is 5.41 Å². The Bertz CT molecular complexity index is 235. The number of methoxy groups -OCH3 is 1. The lowest BCUT2D eigenvalue weighted by molar-refractivity contribution is -0.143. The van der Waals surface area contributed by atoms with Gasteiger partial charge in [0.15, 0.2) is 0 Å². The van der Waals surface area contributed by atoms with Gasteiger partial charge in [-0.15, -0.1) is 0 Å². The summed E-state index contributed by atoms with van der Waals surface area (Å²) in [5, 5.41) is 0. The number of hydrogen-bond donors (Lipinski definition) is 0. The molecule has 0 aromatic rings. The Balaban J connectivity index is 2.44. The zero-order valence-electron chi connectivity index (χ0n) is 10.8. The molecular weight excluding hydrogens is 206 g/mol. The van der Waals surface area contributed by atoms with Gasteiger partial charge in [0.1, 0.15) is 6.61 Å². The molecule has 0 aromatic carbocycles. The quantitative estimate of drug-likeness (QED) is 0.732. The van der Waals surface area contributed by atoms with Gasteiger partial charge < -0.3 is 14.4 Å². The maximum atomic E-state index is 11.7. The summed E-state index contributed by atoms with van der Waals surface area (Å²) < 4.78 is 10.5. The predicted molar refractivity (Wildman–Crippen MR) is 62.3 cm³/mol. The third-order valence-electron chi connectivity index (χ3n) is 2.60. The molecule has 0 bridgehead atoms. The van der Waals surface area contributed by atoms with Gasteiger partial charge in [0.05, 0.1) is 12.7 Å². The largest absolute Gasteiger partial charge is 0.375 e. The van der Waals surface area contributed by atoms with E-state index in [2.05, 4.69) is 20.8 Å². The zero-order chi connectivity index (χ0) is 12.2. The number of rotatable bonds is 3. The predicted octanol–water partition coefficient (Wildman–Crippen LogP) is 1.30. The molecule has 0 aromatic heterocycles. The molecule has 0 saturated carbocycles. The lowest BCUT2D eigenvalue weighted by Crippen LogP contribution is -2.47. The second-order valence-electron chi connectivity index (χ2n) is 5.53. The van der Waals surface area contributed by atoms with E-state index in [4.69, 9.17) is 9.47 Å². The summed E-state index contributed by atoms with van der Waals surface area (Å²) in [5.41, 5.74) is 0.234. The standard InChI is InChI=1S/C12H23NO3/c1-12(2,3)7-10-8-13(5-6-16-10)11(14)9-15-4/h10H,5-9H2,1-4H3/t10-/m1/s1. The van der Waals surface area contributed by atoms with E-state index >= 15 is 0 Å². The Morgan fingerprint density at radius 3 is 2.75 bits per heavy atom. The smallest absolute Gasteiger partial charge is 0.248 e. The molecule has 1 aliphatic rings. The topological polar surface area (TPSA) is 38.8 Å². The molecule has 1 saturated heterocycles. The number of hydrogen-bond acceptors (Lipinski definition) is 3. The third kappa shape index (κ3) is 4.49. The van der Waals surface area contributed by atoms with Gasteiger partial charge >= 0.3 is 0 Å². The van der Waals surface area contributed by atoms with Crippen molar-refractivity contribution in [3.05, 3.63) is 0 Å². The van der Waals surface area contributed by atoms with Gasteiger partial charge in [0.2, 0.25) is 5.91 Å². The van der Waals surface area contributed by atoms with Crippen LogP contribution in [0.5, 0.6) is 0 Å². The minimum atomic E-state index is 0.0599. The van der Waals surface area contributed by atoms with Gasteiger partial charge in [-0.05, 0) is 11.8 Å². The first-order valence-corrected chi connectivity index (χ1v) is 5.81. The monoisotopic (exact) mass is 229 g/mol. The highest BCUT2D eigenvalue weighted by Crippen LogP contribution is 2.24. The van der Waals surface area contributed by atoms with Gasteiger partial charge in [0.25, 0.3) is 0 Å². The van der Waals surface area contributed by atoms with Gasteiger partial charge in [-0.3, -0.25) is 4.79 Å². The Labute approximate surface area is 97.9 Å².